The Kier molecular flexibility index (Phi) is 4.08. The molecule has 1 heterocycles. The molecule has 0 saturated carbocycles. The first-order chi connectivity index (χ1) is 9.49. The van der Waals surface area contributed by atoms with Gasteiger partial charge in [0.05, 0.1) is 10.6 Å². The van der Waals surface area contributed by atoms with E-state index in [9.17, 15) is 4.79 Å². The first kappa shape index (κ1) is 14.1. The topological polar surface area (TPSA) is 91.8 Å². The molecule has 0 saturated heterocycles. The van der Waals surface area contributed by atoms with Gasteiger partial charge in [0.25, 0.3) is 5.91 Å². The minimum Gasteiger partial charge on any atom is -0.384 e. The van der Waals surface area contributed by atoms with Gasteiger partial charge in [-0.15, -0.1) is 0 Å². The standard InChI is InChI=1S/C13H8Cl2N4O/c14-10-5-9(2-1-7(10)6-16)18-13(20)8-3-11(15)19-12(17)4-8/h1-5H,(H2,17,19)(H,18,20). The van der Waals surface area contributed by atoms with E-state index in [0.717, 1.165) is 0 Å². The van der Waals surface area contributed by atoms with Crippen LogP contribution in [-0.2, 0) is 0 Å². The van der Waals surface area contributed by atoms with Gasteiger partial charge in [0.2, 0.25) is 0 Å². The molecule has 2 aromatic rings. The number of anilines is 2. The van der Waals surface area contributed by atoms with Crippen LogP contribution in [0, 0.1) is 11.3 Å². The zero-order valence-corrected chi connectivity index (χ0v) is 11.5. The van der Waals surface area contributed by atoms with Crippen molar-refractivity contribution in [1.82, 2.24) is 4.98 Å². The van der Waals surface area contributed by atoms with E-state index in [1.54, 1.807) is 6.07 Å². The lowest BCUT2D eigenvalue weighted by atomic mass is 10.2. The SMILES string of the molecule is N#Cc1ccc(NC(=O)c2cc(N)nc(Cl)c2)cc1Cl. The van der Waals surface area contributed by atoms with Crippen LogP contribution < -0.4 is 11.1 Å². The van der Waals surface area contributed by atoms with E-state index in [-0.39, 0.29) is 21.6 Å². The number of nitrogens with zero attached hydrogens (tertiary/aromatic N) is 2. The normalized spacial score (nSPS) is 9.85. The molecule has 0 atom stereocenters. The van der Waals surface area contributed by atoms with Crippen LogP contribution in [-0.4, -0.2) is 10.9 Å². The summed E-state index contributed by atoms with van der Waals surface area (Å²) in [6.45, 7) is 0. The number of carbonyl (C=O) groups excluding carboxylic acids is 1. The van der Waals surface area contributed by atoms with Crippen LogP contribution in [0.2, 0.25) is 10.2 Å². The fraction of sp³-hybridized carbons (Fsp3) is 0. The molecule has 20 heavy (non-hydrogen) atoms. The van der Waals surface area contributed by atoms with Crippen molar-refractivity contribution < 1.29 is 4.79 Å². The first-order valence-electron chi connectivity index (χ1n) is 5.43. The number of amides is 1. The molecule has 1 aromatic carbocycles. The van der Waals surface area contributed by atoms with E-state index in [4.69, 9.17) is 34.2 Å². The lowest BCUT2D eigenvalue weighted by Crippen LogP contribution is -2.12. The molecule has 3 N–H and O–H groups in total. The number of nitriles is 1. The molecule has 7 heteroatoms. The van der Waals surface area contributed by atoms with E-state index >= 15 is 0 Å². The predicted octanol–water partition coefficient (Wildman–Crippen LogP) is 3.09. The van der Waals surface area contributed by atoms with E-state index < -0.39 is 5.91 Å². The van der Waals surface area contributed by atoms with Gasteiger partial charge >= 0.3 is 0 Å². The lowest BCUT2D eigenvalue weighted by molar-refractivity contribution is 0.102. The average Bonchev–Trinajstić information content (AvgIpc) is 2.37. The maximum Gasteiger partial charge on any atom is 0.255 e. The van der Waals surface area contributed by atoms with Crippen molar-refractivity contribution in [3.63, 3.8) is 0 Å². The highest BCUT2D eigenvalue weighted by molar-refractivity contribution is 6.32. The van der Waals surface area contributed by atoms with Gasteiger partial charge in [-0.3, -0.25) is 4.79 Å². The van der Waals surface area contributed by atoms with Crippen molar-refractivity contribution in [2.75, 3.05) is 11.1 Å². The summed E-state index contributed by atoms with van der Waals surface area (Å²) in [6, 6.07) is 9.33. The largest absolute Gasteiger partial charge is 0.384 e. The van der Waals surface area contributed by atoms with Crippen LogP contribution in [0.5, 0.6) is 0 Å². The molecule has 100 valence electrons. The molecule has 0 aliphatic heterocycles. The van der Waals surface area contributed by atoms with Crippen LogP contribution in [0.1, 0.15) is 15.9 Å². The number of rotatable bonds is 2. The number of carbonyl (C=O) groups is 1. The Morgan fingerprint density at radius 2 is 2.05 bits per heavy atom. The third-order valence-corrected chi connectivity index (χ3v) is 2.93. The Morgan fingerprint density at radius 3 is 2.65 bits per heavy atom. The van der Waals surface area contributed by atoms with Crippen LogP contribution in [0.15, 0.2) is 30.3 Å². The quantitative estimate of drug-likeness (QED) is 0.834. The summed E-state index contributed by atoms with van der Waals surface area (Å²) < 4.78 is 0. The molecule has 1 amide bonds. The van der Waals surface area contributed by atoms with Crippen LogP contribution in [0.3, 0.4) is 0 Å². The summed E-state index contributed by atoms with van der Waals surface area (Å²) in [5.74, 6) is -0.248. The number of halogens is 2. The monoisotopic (exact) mass is 306 g/mol. The Bertz CT molecular complexity index is 705. The molecule has 0 aliphatic carbocycles. The van der Waals surface area contributed by atoms with Gasteiger partial charge in [-0.25, -0.2) is 4.98 Å². The third kappa shape index (κ3) is 3.18. The summed E-state index contributed by atoms with van der Waals surface area (Å²) in [5.41, 5.74) is 6.60. The second kappa shape index (κ2) is 5.78. The highest BCUT2D eigenvalue weighted by Gasteiger charge is 2.10. The van der Waals surface area contributed by atoms with Crippen molar-refractivity contribution in [1.29, 1.82) is 5.26 Å². The lowest BCUT2D eigenvalue weighted by Gasteiger charge is -2.07. The number of pyridine rings is 1. The zero-order chi connectivity index (χ0) is 14.7. The summed E-state index contributed by atoms with van der Waals surface area (Å²) in [7, 11) is 0. The van der Waals surface area contributed by atoms with E-state index in [0.29, 0.717) is 11.3 Å². The molecule has 1 aromatic heterocycles. The fourth-order valence-electron chi connectivity index (χ4n) is 1.54. The van der Waals surface area contributed by atoms with Crippen LogP contribution in [0.4, 0.5) is 11.5 Å². The molecule has 0 radical (unpaired) electrons. The average molecular weight is 307 g/mol. The maximum absolute atomic E-state index is 12.0. The Hall–Kier alpha value is -2.29. The Labute approximate surface area is 124 Å². The van der Waals surface area contributed by atoms with Crippen molar-refractivity contribution >= 4 is 40.6 Å². The van der Waals surface area contributed by atoms with Crippen LogP contribution in [0.25, 0.3) is 0 Å². The number of hydrogen-bond acceptors (Lipinski definition) is 4. The number of aromatic nitrogens is 1. The predicted molar refractivity (Wildman–Crippen MR) is 77.8 cm³/mol. The number of benzene rings is 1. The second-order valence-corrected chi connectivity index (χ2v) is 4.66. The van der Waals surface area contributed by atoms with Crippen LogP contribution >= 0.6 is 23.2 Å². The highest BCUT2D eigenvalue weighted by atomic mass is 35.5. The number of nitrogens with two attached hydrogens (primary N) is 1. The van der Waals surface area contributed by atoms with Gasteiger partial charge in [0.1, 0.15) is 17.0 Å². The molecule has 5 nitrogen and oxygen atoms in total. The van der Waals surface area contributed by atoms with E-state index in [1.165, 1.54) is 24.3 Å². The maximum atomic E-state index is 12.0. The Balaban J connectivity index is 2.23. The highest BCUT2D eigenvalue weighted by Crippen LogP contribution is 2.21. The van der Waals surface area contributed by atoms with E-state index in [2.05, 4.69) is 10.3 Å². The molecule has 0 unspecified atom stereocenters. The van der Waals surface area contributed by atoms with Crippen molar-refractivity contribution in [3.05, 3.63) is 51.6 Å². The fourth-order valence-corrected chi connectivity index (χ4v) is 1.97. The molecular weight excluding hydrogens is 299 g/mol. The van der Waals surface area contributed by atoms with Gasteiger partial charge in [-0.1, -0.05) is 23.2 Å². The minimum absolute atomic E-state index is 0.132. The Morgan fingerprint density at radius 1 is 1.30 bits per heavy atom. The number of nitrogens with one attached hydrogen (secondary N) is 1. The minimum atomic E-state index is -0.401. The summed E-state index contributed by atoms with van der Waals surface area (Å²) >= 11 is 11.6. The first-order valence-corrected chi connectivity index (χ1v) is 6.19. The molecule has 2 rings (SSSR count). The van der Waals surface area contributed by atoms with Gasteiger partial charge in [-0.2, -0.15) is 5.26 Å². The van der Waals surface area contributed by atoms with Crippen molar-refractivity contribution in [2.45, 2.75) is 0 Å². The molecule has 0 bridgehead atoms. The summed E-state index contributed by atoms with van der Waals surface area (Å²) in [6.07, 6.45) is 0. The van der Waals surface area contributed by atoms with Gasteiger partial charge < -0.3 is 11.1 Å². The van der Waals surface area contributed by atoms with Gasteiger partial charge in [0.15, 0.2) is 0 Å². The summed E-state index contributed by atoms with van der Waals surface area (Å²) in [5, 5.41) is 11.8. The second-order valence-electron chi connectivity index (χ2n) is 3.86. The number of nitrogen functional groups attached to an aromatic ring is 1. The zero-order valence-electron chi connectivity index (χ0n) is 10.0. The summed E-state index contributed by atoms with van der Waals surface area (Å²) in [4.78, 5) is 15.8. The molecular formula is C13H8Cl2N4O. The number of hydrogen-bond donors (Lipinski definition) is 2. The molecule has 0 aliphatic rings. The third-order valence-electron chi connectivity index (χ3n) is 2.42. The van der Waals surface area contributed by atoms with Gasteiger partial charge in [-0.05, 0) is 30.3 Å². The molecule has 0 fully saturated rings. The smallest absolute Gasteiger partial charge is 0.255 e. The van der Waals surface area contributed by atoms with Crippen molar-refractivity contribution in [3.8, 4) is 6.07 Å². The van der Waals surface area contributed by atoms with Crippen molar-refractivity contribution in [2.24, 2.45) is 0 Å². The van der Waals surface area contributed by atoms with Gasteiger partial charge in [0, 0.05) is 11.3 Å². The van der Waals surface area contributed by atoms with E-state index in [1.807, 2.05) is 6.07 Å². The molecule has 0 spiro atoms.